The fourth-order valence-electron chi connectivity index (χ4n) is 3.03. The van der Waals surface area contributed by atoms with E-state index in [9.17, 15) is 14.4 Å². The number of benzene rings is 1. The van der Waals surface area contributed by atoms with Gasteiger partial charge in [0.1, 0.15) is 0 Å². The number of esters is 1. The number of Topliss-reactive ketones (excluding diaryl/α,β-unsaturated/α-hetero) is 1. The van der Waals surface area contributed by atoms with E-state index in [1.807, 2.05) is 30.5 Å². The van der Waals surface area contributed by atoms with Gasteiger partial charge in [-0.05, 0) is 18.6 Å². The van der Waals surface area contributed by atoms with Crippen molar-refractivity contribution in [1.82, 2.24) is 10.3 Å². The Hall–Kier alpha value is -2.63. The van der Waals surface area contributed by atoms with Gasteiger partial charge in [0.05, 0.1) is 13.2 Å². The largest absolute Gasteiger partial charge is 0.468 e. The summed E-state index contributed by atoms with van der Waals surface area (Å²) in [5, 5.41) is 3.70. The van der Waals surface area contributed by atoms with Crippen molar-refractivity contribution in [3.8, 4) is 0 Å². The van der Waals surface area contributed by atoms with E-state index in [0.717, 1.165) is 16.5 Å². The third-order valence-electron chi connectivity index (χ3n) is 4.46. The van der Waals surface area contributed by atoms with Crippen molar-refractivity contribution < 1.29 is 19.1 Å². The van der Waals surface area contributed by atoms with Gasteiger partial charge < -0.3 is 15.0 Å². The minimum atomic E-state index is -1.44. The molecule has 1 fully saturated rings. The Kier molecular flexibility index (Phi) is 3.67. The van der Waals surface area contributed by atoms with E-state index in [1.165, 1.54) is 14.0 Å². The molecule has 1 aliphatic heterocycles. The second-order valence-corrected chi connectivity index (χ2v) is 6.06. The maximum atomic E-state index is 12.4. The average molecular weight is 314 g/mol. The summed E-state index contributed by atoms with van der Waals surface area (Å²) in [7, 11) is 1.21. The molecule has 2 heterocycles. The molecule has 3 rings (SSSR count). The molecule has 0 bridgehead atoms. The van der Waals surface area contributed by atoms with Crippen LogP contribution >= 0.6 is 0 Å². The molecule has 2 aromatic rings. The van der Waals surface area contributed by atoms with Crippen LogP contribution in [0.25, 0.3) is 10.9 Å². The fraction of sp³-hybridized carbons (Fsp3) is 0.353. The van der Waals surface area contributed by atoms with Crippen LogP contribution in [0.2, 0.25) is 0 Å². The second kappa shape index (κ2) is 5.53. The first-order valence-corrected chi connectivity index (χ1v) is 7.43. The predicted octanol–water partition coefficient (Wildman–Crippen LogP) is 1.35. The summed E-state index contributed by atoms with van der Waals surface area (Å²) in [6.45, 7) is 1.44. The number of methoxy groups -OCH3 is 1. The first kappa shape index (κ1) is 15.3. The van der Waals surface area contributed by atoms with Gasteiger partial charge in [0, 0.05) is 29.9 Å². The van der Waals surface area contributed by atoms with Crippen molar-refractivity contribution in [3.05, 3.63) is 36.0 Å². The molecule has 0 spiro atoms. The van der Waals surface area contributed by atoms with Gasteiger partial charge in [-0.15, -0.1) is 0 Å². The Balaban J connectivity index is 1.82. The lowest BCUT2D eigenvalue weighted by Crippen LogP contribution is -2.58. The average Bonchev–Trinajstić information content (AvgIpc) is 2.95. The lowest BCUT2D eigenvalue weighted by molar-refractivity contribution is -0.163. The Morgan fingerprint density at radius 1 is 1.35 bits per heavy atom. The quantitative estimate of drug-likeness (QED) is 0.661. The highest BCUT2D eigenvalue weighted by atomic mass is 16.5. The number of nitrogens with one attached hydrogen (secondary N) is 2. The van der Waals surface area contributed by atoms with Crippen LogP contribution in [0, 0.1) is 5.41 Å². The van der Waals surface area contributed by atoms with E-state index in [0.29, 0.717) is 6.42 Å². The molecule has 1 aliphatic rings. The number of aromatic nitrogens is 1. The lowest BCUT2D eigenvalue weighted by Gasteiger charge is -2.33. The summed E-state index contributed by atoms with van der Waals surface area (Å²) in [6, 6.07) is 7.15. The molecule has 1 aromatic carbocycles. The topological polar surface area (TPSA) is 88.3 Å². The minimum absolute atomic E-state index is 0.140. The number of piperidine rings is 1. The molecule has 0 radical (unpaired) electrons. The Morgan fingerprint density at radius 2 is 2.09 bits per heavy atom. The number of para-hydroxylation sites is 1. The summed E-state index contributed by atoms with van der Waals surface area (Å²) in [6.07, 6.45) is 2.10. The van der Waals surface area contributed by atoms with Crippen LogP contribution in [0.4, 0.5) is 0 Å². The normalized spacial score (nSPS) is 24.5. The summed E-state index contributed by atoms with van der Waals surface area (Å²) in [5.41, 5.74) is 0.500. The van der Waals surface area contributed by atoms with E-state index in [-0.39, 0.29) is 12.2 Å². The maximum absolute atomic E-state index is 12.4. The van der Waals surface area contributed by atoms with Crippen LogP contribution in [0.1, 0.15) is 18.9 Å². The smallest absolute Gasteiger partial charge is 0.321 e. The maximum Gasteiger partial charge on any atom is 0.321 e. The number of aromatic amines is 1. The van der Waals surface area contributed by atoms with Crippen LogP contribution < -0.4 is 5.32 Å². The van der Waals surface area contributed by atoms with Crippen LogP contribution in [0.3, 0.4) is 0 Å². The molecule has 0 unspecified atom stereocenters. The van der Waals surface area contributed by atoms with E-state index in [4.69, 9.17) is 0 Å². The predicted molar refractivity (Wildman–Crippen MR) is 83.7 cm³/mol. The number of carbonyl (C=O) groups is 3. The van der Waals surface area contributed by atoms with Gasteiger partial charge >= 0.3 is 5.97 Å². The summed E-state index contributed by atoms with van der Waals surface area (Å²) in [4.78, 5) is 39.6. The van der Waals surface area contributed by atoms with Crippen LogP contribution in [0.5, 0.6) is 0 Å². The summed E-state index contributed by atoms with van der Waals surface area (Å²) < 4.78 is 4.65. The highest BCUT2D eigenvalue weighted by Crippen LogP contribution is 2.30. The molecule has 0 saturated carbocycles. The Labute approximate surface area is 133 Å². The Bertz CT molecular complexity index is 795. The van der Waals surface area contributed by atoms with Crippen molar-refractivity contribution in [2.75, 3.05) is 7.11 Å². The van der Waals surface area contributed by atoms with Crippen LogP contribution in [-0.2, 0) is 25.5 Å². The number of rotatable bonds is 3. The lowest BCUT2D eigenvalue weighted by atomic mass is 9.78. The summed E-state index contributed by atoms with van der Waals surface area (Å²) >= 11 is 0. The molecule has 2 atom stereocenters. The highest BCUT2D eigenvalue weighted by Gasteiger charge is 2.49. The molecule has 23 heavy (non-hydrogen) atoms. The van der Waals surface area contributed by atoms with E-state index in [1.54, 1.807) is 0 Å². The second-order valence-electron chi connectivity index (χ2n) is 6.06. The van der Waals surface area contributed by atoms with Crippen LogP contribution in [-0.4, -0.2) is 35.8 Å². The van der Waals surface area contributed by atoms with E-state index >= 15 is 0 Å². The van der Waals surface area contributed by atoms with Crippen LogP contribution in [0.15, 0.2) is 30.5 Å². The van der Waals surface area contributed by atoms with Crippen molar-refractivity contribution in [3.63, 3.8) is 0 Å². The number of H-pyrrole nitrogens is 1. The fourth-order valence-corrected chi connectivity index (χ4v) is 3.03. The number of carbonyl (C=O) groups excluding carboxylic acids is 3. The molecule has 1 amide bonds. The first-order chi connectivity index (χ1) is 11.0. The monoisotopic (exact) mass is 314 g/mol. The molecule has 1 aromatic heterocycles. The number of ketones is 1. The molecule has 2 N–H and O–H groups in total. The number of fused-ring (bicyclic) bond motifs is 1. The van der Waals surface area contributed by atoms with Gasteiger partial charge in [-0.1, -0.05) is 18.2 Å². The van der Waals surface area contributed by atoms with Gasteiger partial charge in [0.2, 0.25) is 5.91 Å². The van der Waals surface area contributed by atoms with Crippen molar-refractivity contribution in [1.29, 1.82) is 0 Å². The number of ether oxygens (including phenoxy) is 1. The van der Waals surface area contributed by atoms with Gasteiger partial charge in [0.25, 0.3) is 0 Å². The molecule has 6 heteroatoms. The van der Waals surface area contributed by atoms with Crippen molar-refractivity contribution >= 4 is 28.6 Å². The zero-order valence-electron chi connectivity index (χ0n) is 13.0. The standard InChI is InChI=1S/C17H18N2O4/c1-17(16(22)23-2)8-14(20)13(19-15(17)21)7-10-9-18-12-6-4-3-5-11(10)12/h3-6,9,13,18H,7-8H2,1-2H3,(H,19,21)/t13-,17+/m0/s1. The Morgan fingerprint density at radius 3 is 2.83 bits per heavy atom. The number of hydrogen-bond acceptors (Lipinski definition) is 4. The molecular formula is C17H18N2O4. The van der Waals surface area contributed by atoms with Crippen molar-refractivity contribution in [2.24, 2.45) is 5.41 Å². The zero-order chi connectivity index (χ0) is 16.6. The zero-order valence-corrected chi connectivity index (χ0v) is 13.0. The van der Waals surface area contributed by atoms with Crippen molar-refractivity contribution in [2.45, 2.75) is 25.8 Å². The van der Waals surface area contributed by atoms with Gasteiger partial charge in [-0.3, -0.25) is 14.4 Å². The molecule has 1 saturated heterocycles. The highest BCUT2D eigenvalue weighted by molar-refractivity contribution is 6.10. The molecular weight excluding hydrogens is 296 g/mol. The number of hydrogen-bond donors (Lipinski definition) is 2. The van der Waals surface area contributed by atoms with E-state index in [2.05, 4.69) is 15.0 Å². The molecule has 0 aliphatic carbocycles. The third-order valence-corrected chi connectivity index (χ3v) is 4.46. The molecule has 6 nitrogen and oxygen atoms in total. The SMILES string of the molecule is COC(=O)[C@]1(C)CC(=O)[C@H](Cc2c[nH]c3ccccc23)NC1=O. The van der Waals surface area contributed by atoms with E-state index < -0.39 is 23.3 Å². The number of amides is 1. The summed E-state index contributed by atoms with van der Waals surface area (Å²) in [5.74, 6) is -1.31. The first-order valence-electron chi connectivity index (χ1n) is 7.43. The molecule has 120 valence electrons. The third kappa shape index (κ3) is 2.50. The van der Waals surface area contributed by atoms with Gasteiger partial charge in [-0.2, -0.15) is 0 Å². The minimum Gasteiger partial charge on any atom is -0.468 e. The van der Waals surface area contributed by atoms with Gasteiger partial charge in [-0.25, -0.2) is 0 Å². The van der Waals surface area contributed by atoms with Gasteiger partial charge in [0.15, 0.2) is 11.2 Å².